The fraction of sp³-hybridized carbons (Fsp3) is 0.333. The molecule has 13 heavy (non-hydrogen) atoms. The summed E-state index contributed by atoms with van der Waals surface area (Å²) in [7, 11) is 1.54. The molecule has 0 bridgehead atoms. The van der Waals surface area contributed by atoms with E-state index in [1.807, 2.05) is 24.3 Å². The van der Waals surface area contributed by atoms with Crippen LogP contribution in [0.3, 0.4) is 0 Å². The average Bonchev–Trinajstić information content (AvgIpc) is 2.01. The number of hydrogen-bond acceptors (Lipinski definition) is 2. The number of rotatable bonds is 3. The van der Waals surface area contributed by atoms with Crippen molar-refractivity contribution in [1.82, 2.24) is 5.06 Å². The van der Waals surface area contributed by atoms with Gasteiger partial charge in [0.25, 0.3) is 0 Å². The van der Waals surface area contributed by atoms with Crippen LogP contribution < -0.4 is 51.4 Å². The normalized spacial score (nSPS) is 9.85. The van der Waals surface area contributed by atoms with Gasteiger partial charge in [0.2, 0.25) is 0 Å². The van der Waals surface area contributed by atoms with Crippen molar-refractivity contribution >= 4 is 15.9 Å². The van der Waals surface area contributed by atoms with E-state index in [1.54, 1.807) is 0 Å². The average molecular weight is 268 g/mol. The first-order valence-electron chi connectivity index (χ1n) is 3.81. The minimum atomic E-state index is 0. The maximum Gasteiger partial charge on any atom is 1.00 e. The van der Waals surface area contributed by atoms with Crippen LogP contribution in [0.4, 0.5) is 0 Å². The Kier molecular flexibility index (Phi) is 8.26. The summed E-state index contributed by atoms with van der Waals surface area (Å²) in [6.07, 6.45) is 0.805. The van der Waals surface area contributed by atoms with E-state index in [4.69, 9.17) is 0 Å². The molecule has 2 nitrogen and oxygen atoms in total. The van der Waals surface area contributed by atoms with Gasteiger partial charge >= 0.3 is 51.4 Å². The fourth-order valence-corrected chi connectivity index (χ4v) is 1.43. The van der Waals surface area contributed by atoms with E-state index in [0.29, 0.717) is 6.54 Å². The summed E-state index contributed by atoms with van der Waals surface area (Å²) in [6, 6.07) is 8.01. The van der Waals surface area contributed by atoms with Crippen LogP contribution in [-0.2, 0) is 6.42 Å². The first-order valence-corrected chi connectivity index (χ1v) is 4.60. The summed E-state index contributed by atoms with van der Waals surface area (Å²) in [6.45, 7) is 0.552. The summed E-state index contributed by atoms with van der Waals surface area (Å²) in [5.74, 6) is 0. The second kappa shape index (κ2) is 7.54. The predicted octanol–water partition coefficient (Wildman–Crippen LogP) is -0.575. The second-order valence-electron chi connectivity index (χ2n) is 2.73. The molecule has 0 saturated heterocycles. The van der Waals surface area contributed by atoms with Crippen molar-refractivity contribution in [2.75, 3.05) is 13.6 Å². The molecule has 0 atom stereocenters. The van der Waals surface area contributed by atoms with Crippen LogP contribution in [0.25, 0.3) is 0 Å². The van der Waals surface area contributed by atoms with Crippen LogP contribution in [0.5, 0.6) is 0 Å². The quantitative estimate of drug-likeness (QED) is 0.542. The van der Waals surface area contributed by atoms with Gasteiger partial charge < -0.3 is 10.3 Å². The van der Waals surface area contributed by atoms with Gasteiger partial charge in [-0.3, -0.25) is 0 Å². The van der Waals surface area contributed by atoms with Gasteiger partial charge in [-0.1, -0.05) is 28.1 Å². The zero-order chi connectivity index (χ0) is 8.97. The van der Waals surface area contributed by atoms with E-state index in [1.165, 1.54) is 12.6 Å². The minimum absolute atomic E-state index is 0. The SMILES string of the molecule is CN([O-])CCc1cccc(Br)c1.[K+]. The number of hydroxylamine groups is 2. The fourth-order valence-electron chi connectivity index (χ4n) is 0.979. The third-order valence-electron chi connectivity index (χ3n) is 1.60. The molecule has 0 aliphatic rings. The molecule has 4 heteroatoms. The molecule has 0 unspecified atom stereocenters. The smallest absolute Gasteiger partial charge is 0.785 e. The van der Waals surface area contributed by atoms with Gasteiger partial charge in [0, 0.05) is 4.47 Å². The molecule has 66 valence electrons. The second-order valence-corrected chi connectivity index (χ2v) is 3.65. The number of nitrogens with zero attached hydrogens (tertiary/aromatic N) is 1. The molecule has 1 aromatic carbocycles. The third kappa shape index (κ3) is 6.36. The molecular formula is C9H11BrKNO. The first kappa shape index (κ1) is 14.3. The summed E-state index contributed by atoms with van der Waals surface area (Å²) < 4.78 is 1.06. The predicted molar refractivity (Wildman–Crippen MR) is 53.8 cm³/mol. The number of benzene rings is 1. The first-order chi connectivity index (χ1) is 5.68. The standard InChI is InChI=1S/C9H11BrNO.K/c1-11(12)6-5-8-3-2-4-9(10)7-8;/h2-4,7H,5-6H2,1H3;/q-1;+1. The molecule has 0 N–H and O–H groups in total. The van der Waals surface area contributed by atoms with Gasteiger partial charge in [-0.05, 0) is 37.7 Å². The largest absolute Gasteiger partial charge is 1.00 e. The molecule has 0 fully saturated rings. The number of likely N-dealkylation sites (N-methyl/N-ethyl adjacent to an activating group) is 1. The van der Waals surface area contributed by atoms with Crippen molar-refractivity contribution < 1.29 is 51.4 Å². The molecule has 1 rings (SSSR count). The summed E-state index contributed by atoms with van der Waals surface area (Å²) >= 11 is 3.38. The van der Waals surface area contributed by atoms with Crippen LogP contribution in [0, 0.1) is 5.21 Å². The van der Waals surface area contributed by atoms with Crippen LogP contribution in [-0.4, -0.2) is 18.7 Å². The van der Waals surface area contributed by atoms with E-state index >= 15 is 0 Å². The summed E-state index contributed by atoms with van der Waals surface area (Å²) in [5, 5.41) is 11.6. The van der Waals surface area contributed by atoms with E-state index in [9.17, 15) is 5.21 Å². The van der Waals surface area contributed by atoms with Crippen molar-refractivity contribution in [2.45, 2.75) is 6.42 Å². The Hall–Kier alpha value is 1.26. The van der Waals surface area contributed by atoms with Gasteiger partial charge in [-0.15, -0.1) is 0 Å². The van der Waals surface area contributed by atoms with Crippen molar-refractivity contribution in [3.63, 3.8) is 0 Å². The van der Waals surface area contributed by atoms with Gasteiger partial charge in [0.15, 0.2) is 0 Å². The topological polar surface area (TPSA) is 26.3 Å². The number of halogens is 1. The molecule has 0 radical (unpaired) electrons. The molecule has 0 aromatic heterocycles. The molecule has 0 aliphatic carbocycles. The zero-order valence-electron chi connectivity index (χ0n) is 7.96. The van der Waals surface area contributed by atoms with Gasteiger partial charge in [0.05, 0.1) is 0 Å². The van der Waals surface area contributed by atoms with Gasteiger partial charge in [0.1, 0.15) is 0 Å². The summed E-state index contributed by atoms with van der Waals surface area (Å²) in [4.78, 5) is 0. The maximum absolute atomic E-state index is 10.6. The monoisotopic (exact) mass is 267 g/mol. The molecule has 0 heterocycles. The Morgan fingerprint density at radius 3 is 2.69 bits per heavy atom. The van der Waals surface area contributed by atoms with Crippen molar-refractivity contribution in [3.05, 3.63) is 39.5 Å². The zero-order valence-corrected chi connectivity index (χ0v) is 12.7. The van der Waals surface area contributed by atoms with Crippen LogP contribution >= 0.6 is 15.9 Å². The Morgan fingerprint density at radius 2 is 2.15 bits per heavy atom. The van der Waals surface area contributed by atoms with Crippen LogP contribution in [0.2, 0.25) is 0 Å². The molecule has 0 amide bonds. The number of hydrogen-bond donors (Lipinski definition) is 0. The van der Waals surface area contributed by atoms with Crippen molar-refractivity contribution in [3.8, 4) is 0 Å². The van der Waals surface area contributed by atoms with Gasteiger partial charge in [-0.2, -0.15) is 0 Å². The van der Waals surface area contributed by atoms with E-state index < -0.39 is 0 Å². The Labute approximate surface area is 130 Å². The molecule has 1 aromatic rings. The molecule has 0 spiro atoms. The van der Waals surface area contributed by atoms with E-state index in [2.05, 4.69) is 15.9 Å². The van der Waals surface area contributed by atoms with Crippen molar-refractivity contribution in [1.29, 1.82) is 0 Å². The third-order valence-corrected chi connectivity index (χ3v) is 2.10. The Morgan fingerprint density at radius 1 is 1.46 bits per heavy atom. The van der Waals surface area contributed by atoms with Crippen molar-refractivity contribution in [2.24, 2.45) is 0 Å². The Bertz CT molecular complexity index is 255. The van der Waals surface area contributed by atoms with E-state index in [0.717, 1.165) is 16.0 Å². The Balaban J connectivity index is 0.00000144. The minimum Gasteiger partial charge on any atom is -0.785 e. The summed E-state index contributed by atoms with van der Waals surface area (Å²) in [5.41, 5.74) is 1.19. The van der Waals surface area contributed by atoms with E-state index in [-0.39, 0.29) is 51.4 Å². The molecule has 0 aliphatic heterocycles. The van der Waals surface area contributed by atoms with Gasteiger partial charge in [-0.25, -0.2) is 0 Å². The van der Waals surface area contributed by atoms with Crippen LogP contribution in [0.15, 0.2) is 28.7 Å². The van der Waals surface area contributed by atoms with Crippen LogP contribution in [0.1, 0.15) is 5.56 Å². The molecular weight excluding hydrogens is 257 g/mol. The maximum atomic E-state index is 10.6. The molecule has 0 saturated carbocycles.